The third-order valence-corrected chi connectivity index (χ3v) is 6.60. The van der Waals surface area contributed by atoms with Crippen LogP contribution in [0.15, 0.2) is 18.2 Å². The minimum absolute atomic E-state index is 0.222. The van der Waals surface area contributed by atoms with Crippen molar-refractivity contribution >= 4 is 5.97 Å². The molecule has 24 heavy (non-hydrogen) atoms. The number of hydrogen-bond acceptors (Lipinski definition) is 1. The minimum Gasteiger partial charge on any atom is -0.478 e. The normalized spacial score (nSPS) is 30.9. The number of carboxylic acid groups (broad SMARTS) is 1. The number of halogens is 1. The molecule has 0 atom stereocenters. The van der Waals surface area contributed by atoms with Crippen molar-refractivity contribution in [2.75, 3.05) is 0 Å². The second-order valence-corrected chi connectivity index (χ2v) is 7.85. The van der Waals surface area contributed by atoms with Gasteiger partial charge in [0.2, 0.25) is 0 Å². The smallest absolute Gasteiger partial charge is 0.338 e. The van der Waals surface area contributed by atoms with Crippen LogP contribution in [-0.2, 0) is 0 Å². The molecule has 0 bridgehead atoms. The van der Waals surface area contributed by atoms with Gasteiger partial charge in [-0.05, 0) is 79.9 Å². The van der Waals surface area contributed by atoms with Crippen LogP contribution in [-0.4, -0.2) is 11.1 Å². The van der Waals surface area contributed by atoms with Crippen LogP contribution in [0.5, 0.6) is 0 Å². The Labute approximate surface area is 144 Å². The molecule has 1 aromatic carbocycles. The highest BCUT2D eigenvalue weighted by molar-refractivity contribution is 5.87. The highest BCUT2D eigenvalue weighted by atomic mass is 19.1. The lowest BCUT2D eigenvalue weighted by Gasteiger charge is -2.38. The lowest BCUT2D eigenvalue weighted by atomic mass is 9.68. The van der Waals surface area contributed by atoms with Crippen LogP contribution in [0.2, 0.25) is 0 Å². The van der Waals surface area contributed by atoms with Crippen molar-refractivity contribution in [3.05, 3.63) is 35.1 Å². The Morgan fingerprint density at radius 2 is 1.62 bits per heavy atom. The van der Waals surface area contributed by atoms with Gasteiger partial charge in [0.25, 0.3) is 0 Å². The molecule has 0 heterocycles. The van der Waals surface area contributed by atoms with Crippen molar-refractivity contribution in [2.24, 2.45) is 17.8 Å². The number of hydrogen-bond donors (Lipinski definition) is 1. The molecule has 3 heteroatoms. The Morgan fingerprint density at radius 1 is 1.04 bits per heavy atom. The molecule has 0 aromatic heterocycles. The summed E-state index contributed by atoms with van der Waals surface area (Å²) >= 11 is 0. The Bertz CT molecular complexity index is 567. The summed E-state index contributed by atoms with van der Waals surface area (Å²) in [5, 5.41) is 8.94. The van der Waals surface area contributed by atoms with E-state index in [9.17, 15) is 9.18 Å². The highest BCUT2D eigenvalue weighted by Gasteiger charge is 2.31. The van der Waals surface area contributed by atoms with Crippen LogP contribution in [0.4, 0.5) is 4.39 Å². The molecule has 1 aromatic rings. The molecule has 0 aliphatic heterocycles. The van der Waals surface area contributed by atoms with Gasteiger partial charge in [0.1, 0.15) is 5.82 Å². The molecule has 1 N–H and O–H groups in total. The van der Waals surface area contributed by atoms with E-state index in [1.165, 1.54) is 57.1 Å². The van der Waals surface area contributed by atoms with Crippen molar-refractivity contribution in [1.82, 2.24) is 0 Å². The second kappa shape index (κ2) is 7.67. The maximum atomic E-state index is 13.9. The number of aromatic carboxylic acids is 1. The third kappa shape index (κ3) is 3.81. The van der Waals surface area contributed by atoms with Gasteiger partial charge in [-0.15, -0.1) is 0 Å². The van der Waals surface area contributed by atoms with Gasteiger partial charge in [0, 0.05) is 0 Å². The first-order chi connectivity index (χ1) is 11.6. The number of carboxylic acids is 1. The summed E-state index contributed by atoms with van der Waals surface area (Å²) in [6.07, 6.45) is 11.7. The summed E-state index contributed by atoms with van der Waals surface area (Å²) in [5.74, 6) is 1.31. The molecule has 2 nitrogen and oxygen atoms in total. The van der Waals surface area contributed by atoms with Gasteiger partial charge in [-0.25, -0.2) is 9.18 Å². The molecule has 2 fully saturated rings. The predicted octanol–water partition coefficient (Wildman–Crippen LogP) is 6.01. The summed E-state index contributed by atoms with van der Waals surface area (Å²) in [4.78, 5) is 10.9. The second-order valence-electron chi connectivity index (χ2n) is 7.85. The average molecular weight is 332 g/mol. The highest BCUT2D eigenvalue weighted by Crippen LogP contribution is 2.44. The van der Waals surface area contributed by atoms with Crippen molar-refractivity contribution in [1.29, 1.82) is 0 Å². The van der Waals surface area contributed by atoms with Gasteiger partial charge in [-0.2, -0.15) is 0 Å². The summed E-state index contributed by atoms with van der Waals surface area (Å²) in [6, 6.07) is 4.68. The molecule has 0 amide bonds. The lowest BCUT2D eigenvalue weighted by molar-refractivity contribution is 0.0692. The van der Waals surface area contributed by atoms with Crippen molar-refractivity contribution in [3.8, 4) is 0 Å². The van der Waals surface area contributed by atoms with E-state index in [1.807, 2.05) is 6.07 Å². The van der Waals surface area contributed by atoms with Gasteiger partial charge in [0.15, 0.2) is 0 Å². The van der Waals surface area contributed by atoms with E-state index in [-0.39, 0.29) is 5.56 Å². The van der Waals surface area contributed by atoms with E-state index in [0.29, 0.717) is 5.92 Å². The van der Waals surface area contributed by atoms with E-state index in [1.54, 1.807) is 0 Å². The molecule has 0 spiro atoms. The minimum atomic E-state index is -1.19. The zero-order valence-electron chi connectivity index (χ0n) is 14.6. The first-order valence-corrected chi connectivity index (χ1v) is 9.61. The maximum absolute atomic E-state index is 13.9. The van der Waals surface area contributed by atoms with Crippen LogP contribution in [0, 0.1) is 23.6 Å². The van der Waals surface area contributed by atoms with Crippen LogP contribution in [0.25, 0.3) is 0 Å². The van der Waals surface area contributed by atoms with Gasteiger partial charge in [-0.1, -0.05) is 32.3 Å². The molecule has 3 rings (SSSR count). The predicted molar refractivity (Wildman–Crippen MR) is 93.8 cm³/mol. The molecule has 0 saturated heterocycles. The summed E-state index contributed by atoms with van der Waals surface area (Å²) in [6.45, 7) is 2.31. The molecular formula is C21H29FO2. The third-order valence-electron chi connectivity index (χ3n) is 6.60. The van der Waals surface area contributed by atoms with Gasteiger partial charge >= 0.3 is 5.97 Å². The van der Waals surface area contributed by atoms with Gasteiger partial charge in [0.05, 0.1) is 5.56 Å². The first kappa shape index (κ1) is 17.4. The maximum Gasteiger partial charge on any atom is 0.338 e. The summed E-state index contributed by atoms with van der Waals surface area (Å²) in [5.41, 5.74) is 0.755. The zero-order valence-corrected chi connectivity index (χ0v) is 14.6. The standard InChI is InChI=1S/C21H29FO2/c1-2-14-3-5-15(6-4-14)16-7-9-17(10-8-16)18-11-12-19(21(23)24)20(22)13-18/h11-17H,2-10H2,1H3,(H,23,24)/t14-,15-,16-,17-. The number of rotatable bonds is 4. The summed E-state index contributed by atoms with van der Waals surface area (Å²) < 4.78 is 13.9. The van der Waals surface area contributed by atoms with E-state index in [0.717, 1.165) is 36.2 Å². The molecular weight excluding hydrogens is 303 g/mol. The largest absolute Gasteiger partial charge is 0.478 e. The van der Waals surface area contributed by atoms with Crippen LogP contribution < -0.4 is 0 Å². The molecule has 2 aliphatic carbocycles. The van der Waals surface area contributed by atoms with Gasteiger partial charge in [-0.3, -0.25) is 0 Å². The zero-order chi connectivity index (χ0) is 17.1. The van der Waals surface area contributed by atoms with Crippen LogP contribution in [0.1, 0.15) is 86.6 Å². The fourth-order valence-corrected chi connectivity index (χ4v) is 4.95. The lowest BCUT2D eigenvalue weighted by Crippen LogP contribution is -2.25. The monoisotopic (exact) mass is 332 g/mol. The van der Waals surface area contributed by atoms with Gasteiger partial charge < -0.3 is 5.11 Å². The van der Waals surface area contributed by atoms with E-state index < -0.39 is 11.8 Å². The van der Waals surface area contributed by atoms with Crippen molar-refractivity contribution in [3.63, 3.8) is 0 Å². The van der Waals surface area contributed by atoms with E-state index >= 15 is 0 Å². The molecule has 2 saturated carbocycles. The Morgan fingerprint density at radius 3 is 2.12 bits per heavy atom. The van der Waals surface area contributed by atoms with Crippen molar-refractivity contribution < 1.29 is 14.3 Å². The Kier molecular flexibility index (Phi) is 5.57. The Hall–Kier alpha value is -1.38. The summed E-state index contributed by atoms with van der Waals surface area (Å²) in [7, 11) is 0. The average Bonchev–Trinajstić information content (AvgIpc) is 2.61. The van der Waals surface area contributed by atoms with Crippen LogP contribution in [0.3, 0.4) is 0 Å². The quantitative estimate of drug-likeness (QED) is 0.732. The Balaban J connectivity index is 1.55. The number of benzene rings is 1. The SMILES string of the molecule is CC[C@H]1CC[C@H]([C@H]2CC[C@H](c3ccc(C(=O)O)c(F)c3)CC2)CC1. The topological polar surface area (TPSA) is 37.3 Å². The molecule has 0 unspecified atom stereocenters. The van der Waals surface area contributed by atoms with E-state index in [4.69, 9.17) is 5.11 Å². The van der Waals surface area contributed by atoms with E-state index in [2.05, 4.69) is 6.92 Å². The fourth-order valence-electron chi connectivity index (χ4n) is 4.95. The van der Waals surface area contributed by atoms with Crippen LogP contribution >= 0.6 is 0 Å². The fraction of sp³-hybridized carbons (Fsp3) is 0.667. The molecule has 132 valence electrons. The molecule has 0 radical (unpaired) electrons. The van der Waals surface area contributed by atoms with Crippen molar-refractivity contribution in [2.45, 2.75) is 70.6 Å². The first-order valence-electron chi connectivity index (χ1n) is 9.61. The molecule has 2 aliphatic rings. The number of carbonyl (C=O) groups is 1.